The number of benzene rings is 2. The molecule has 2 aromatic carbocycles. The summed E-state index contributed by atoms with van der Waals surface area (Å²) in [5.74, 6) is 0.505. The Labute approximate surface area is 190 Å². The number of piperidine rings is 1. The Morgan fingerprint density at radius 2 is 1.91 bits per heavy atom. The summed E-state index contributed by atoms with van der Waals surface area (Å²) in [5.41, 5.74) is 3.13. The van der Waals surface area contributed by atoms with Gasteiger partial charge in [0.1, 0.15) is 0 Å². The van der Waals surface area contributed by atoms with Crippen molar-refractivity contribution in [1.82, 2.24) is 9.47 Å². The number of nitrogens with zero attached hydrogens (tertiary/aromatic N) is 2. The molecule has 0 radical (unpaired) electrons. The minimum atomic E-state index is -0.349. The predicted octanol–water partition coefficient (Wildman–Crippen LogP) is 4.45. The van der Waals surface area contributed by atoms with Gasteiger partial charge in [0.05, 0.1) is 24.8 Å². The molecule has 168 valence electrons. The van der Waals surface area contributed by atoms with Gasteiger partial charge in [0, 0.05) is 25.2 Å². The predicted molar refractivity (Wildman–Crippen MR) is 124 cm³/mol. The second kappa shape index (κ2) is 9.12. The van der Waals surface area contributed by atoms with Gasteiger partial charge in [0.2, 0.25) is 5.91 Å². The first-order valence-electron chi connectivity index (χ1n) is 10.4. The first-order valence-corrected chi connectivity index (χ1v) is 10.8. The lowest BCUT2D eigenvalue weighted by Gasteiger charge is -2.31. The van der Waals surface area contributed by atoms with Crippen LogP contribution in [0.4, 0.5) is 0 Å². The van der Waals surface area contributed by atoms with E-state index in [0.717, 1.165) is 11.1 Å². The Bertz CT molecular complexity index is 1240. The lowest BCUT2D eigenvalue weighted by Crippen LogP contribution is -2.39. The van der Waals surface area contributed by atoms with E-state index in [1.807, 2.05) is 25.1 Å². The van der Waals surface area contributed by atoms with E-state index < -0.39 is 0 Å². The van der Waals surface area contributed by atoms with Crippen LogP contribution in [0.1, 0.15) is 30.0 Å². The van der Waals surface area contributed by atoms with Crippen LogP contribution in [0.25, 0.3) is 17.2 Å². The van der Waals surface area contributed by atoms with Crippen molar-refractivity contribution in [3.63, 3.8) is 0 Å². The van der Waals surface area contributed by atoms with Crippen LogP contribution in [-0.2, 0) is 4.79 Å². The zero-order chi connectivity index (χ0) is 22.8. The number of ether oxygens (including phenoxy) is 2. The molecule has 0 N–H and O–H groups in total. The van der Waals surface area contributed by atoms with Gasteiger partial charge < -0.3 is 18.8 Å². The fourth-order valence-electron chi connectivity index (χ4n) is 4.13. The van der Waals surface area contributed by atoms with Crippen molar-refractivity contribution in [2.45, 2.75) is 25.8 Å². The molecule has 1 aliphatic heterocycles. The smallest absolute Gasteiger partial charge is 0.420 e. The molecule has 7 nitrogen and oxygen atoms in total. The van der Waals surface area contributed by atoms with E-state index >= 15 is 0 Å². The maximum atomic E-state index is 12.7. The Morgan fingerprint density at radius 3 is 2.59 bits per heavy atom. The minimum Gasteiger partial charge on any atom is -0.493 e. The van der Waals surface area contributed by atoms with Crippen molar-refractivity contribution in [1.29, 1.82) is 0 Å². The molecule has 32 heavy (non-hydrogen) atoms. The molecule has 1 saturated heterocycles. The number of hydrogen-bond donors (Lipinski definition) is 0. The fourth-order valence-corrected chi connectivity index (χ4v) is 4.43. The molecule has 1 amide bonds. The number of likely N-dealkylation sites (tertiary alicyclic amines) is 1. The molecule has 0 atom stereocenters. The van der Waals surface area contributed by atoms with Gasteiger partial charge in [-0.1, -0.05) is 17.7 Å². The van der Waals surface area contributed by atoms with Crippen LogP contribution in [0.5, 0.6) is 11.5 Å². The van der Waals surface area contributed by atoms with E-state index in [-0.39, 0.29) is 17.7 Å². The molecule has 1 fully saturated rings. The Morgan fingerprint density at radius 1 is 1.16 bits per heavy atom. The van der Waals surface area contributed by atoms with E-state index in [9.17, 15) is 9.59 Å². The largest absolute Gasteiger partial charge is 0.493 e. The first kappa shape index (κ1) is 22.0. The van der Waals surface area contributed by atoms with E-state index in [1.54, 1.807) is 34.8 Å². The summed E-state index contributed by atoms with van der Waals surface area (Å²) in [4.78, 5) is 26.9. The summed E-state index contributed by atoms with van der Waals surface area (Å²) in [6.45, 7) is 3.09. The summed E-state index contributed by atoms with van der Waals surface area (Å²) in [7, 11) is 3.06. The topological polar surface area (TPSA) is 73.9 Å². The molecule has 0 saturated carbocycles. The van der Waals surface area contributed by atoms with Gasteiger partial charge in [-0.15, -0.1) is 0 Å². The van der Waals surface area contributed by atoms with Crippen molar-refractivity contribution < 1.29 is 18.7 Å². The second-order valence-corrected chi connectivity index (χ2v) is 8.18. The third kappa shape index (κ3) is 4.12. The maximum absolute atomic E-state index is 12.7. The Hall–Kier alpha value is -3.19. The number of carbonyl (C=O) groups is 1. The third-order valence-corrected chi connectivity index (χ3v) is 6.22. The molecule has 0 aliphatic carbocycles. The molecule has 0 bridgehead atoms. The number of oxazole rings is 1. The monoisotopic (exact) mass is 456 g/mol. The van der Waals surface area contributed by atoms with Crippen molar-refractivity contribution >= 4 is 34.7 Å². The van der Waals surface area contributed by atoms with Crippen LogP contribution in [-0.4, -0.2) is 42.7 Å². The molecular formula is C24H25ClN2O5. The SMILES string of the molecule is COc1ccc(/C=C/C(=O)N2CCC(n3c(=O)oc4ccc(C)cc43)CC2)c(Cl)c1OC. The summed E-state index contributed by atoms with van der Waals surface area (Å²) in [6, 6.07) is 9.23. The zero-order valence-electron chi connectivity index (χ0n) is 18.3. The quantitative estimate of drug-likeness (QED) is 0.530. The number of carbonyl (C=O) groups excluding carboxylic acids is 1. The van der Waals surface area contributed by atoms with E-state index in [2.05, 4.69) is 0 Å². The Balaban J connectivity index is 1.45. The zero-order valence-corrected chi connectivity index (χ0v) is 19.0. The average Bonchev–Trinajstić information content (AvgIpc) is 3.12. The first-order chi connectivity index (χ1) is 15.4. The van der Waals surface area contributed by atoms with E-state index in [4.69, 9.17) is 25.5 Å². The molecule has 4 rings (SSSR count). The molecule has 2 heterocycles. The molecular weight excluding hydrogens is 432 g/mol. The van der Waals surface area contributed by atoms with Crippen molar-refractivity contribution in [2.75, 3.05) is 27.3 Å². The van der Waals surface area contributed by atoms with Gasteiger partial charge in [0.25, 0.3) is 0 Å². The van der Waals surface area contributed by atoms with Crippen molar-refractivity contribution in [3.8, 4) is 11.5 Å². The molecule has 0 unspecified atom stereocenters. The van der Waals surface area contributed by atoms with Gasteiger partial charge >= 0.3 is 5.76 Å². The molecule has 0 spiro atoms. The summed E-state index contributed by atoms with van der Waals surface area (Å²) >= 11 is 6.39. The summed E-state index contributed by atoms with van der Waals surface area (Å²) < 4.78 is 17.7. The van der Waals surface area contributed by atoms with Crippen molar-refractivity contribution in [2.24, 2.45) is 0 Å². The number of methoxy groups -OCH3 is 2. The van der Waals surface area contributed by atoms with Gasteiger partial charge in [-0.2, -0.15) is 0 Å². The van der Waals surface area contributed by atoms with Crippen LogP contribution in [0, 0.1) is 6.92 Å². The fraction of sp³-hybridized carbons (Fsp3) is 0.333. The summed E-state index contributed by atoms with van der Waals surface area (Å²) in [5, 5.41) is 0.385. The highest BCUT2D eigenvalue weighted by Gasteiger charge is 2.26. The van der Waals surface area contributed by atoms with Gasteiger partial charge in [-0.05, 0) is 61.2 Å². The second-order valence-electron chi connectivity index (χ2n) is 7.80. The van der Waals surface area contributed by atoms with E-state index in [1.165, 1.54) is 13.2 Å². The van der Waals surface area contributed by atoms with Crippen LogP contribution in [0.15, 0.2) is 45.6 Å². The Kier molecular flexibility index (Phi) is 6.28. The van der Waals surface area contributed by atoms with Gasteiger partial charge in [-0.3, -0.25) is 9.36 Å². The standard InChI is InChI=1S/C24H25ClN2O5/c1-15-4-7-19-18(14-15)27(24(29)32-19)17-10-12-26(13-11-17)21(28)9-6-16-5-8-20(30-2)23(31-3)22(16)25/h4-9,14,17H,10-13H2,1-3H3/b9-6+. The summed E-state index contributed by atoms with van der Waals surface area (Å²) in [6.07, 6.45) is 4.55. The number of aromatic nitrogens is 1. The van der Waals surface area contributed by atoms with Gasteiger partial charge in [0.15, 0.2) is 17.1 Å². The molecule has 1 aliphatic rings. The highest BCUT2D eigenvalue weighted by molar-refractivity contribution is 6.33. The number of amides is 1. The normalized spacial score (nSPS) is 14.9. The molecule has 1 aromatic heterocycles. The van der Waals surface area contributed by atoms with Gasteiger partial charge in [-0.25, -0.2) is 4.79 Å². The van der Waals surface area contributed by atoms with Crippen LogP contribution in [0.2, 0.25) is 5.02 Å². The molecule has 3 aromatic rings. The number of hydrogen-bond acceptors (Lipinski definition) is 5. The maximum Gasteiger partial charge on any atom is 0.420 e. The highest BCUT2D eigenvalue weighted by atomic mass is 35.5. The van der Waals surface area contributed by atoms with Crippen LogP contribution in [0.3, 0.4) is 0 Å². The highest BCUT2D eigenvalue weighted by Crippen LogP contribution is 2.37. The van der Waals surface area contributed by atoms with E-state index in [0.29, 0.717) is 53.6 Å². The lowest BCUT2D eigenvalue weighted by molar-refractivity contribution is -0.127. The molecule has 8 heteroatoms. The van der Waals surface area contributed by atoms with Crippen LogP contribution < -0.4 is 15.2 Å². The average molecular weight is 457 g/mol. The van der Waals surface area contributed by atoms with Crippen LogP contribution >= 0.6 is 11.6 Å². The minimum absolute atomic E-state index is 0.00104. The number of fused-ring (bicyclic) bond motifs is 1. The number of rotatable bonds is 5. The third-order valence-electron chi connectivity index (χ3n) is 5.83. The lowest BCUT2D eigenvalue weighted by atomic mass is 10.0. The number of aryl methyl sites for hydroxylation is 1. The van der Waals surface area contributed by atoms with Crippen molar-refractivity contribution in [3.05, 3.63) is 63.1 Å². The number of halogens is 1.